The van der Waals surface area contributed by atoms with Crippen LogP contribution in [-0.2, 0) is 14.3 Å². The summed E-state index contributed by atoms with van der Waals surface area (Å²) in [6.45, 7) is 0.853. The molecular formula is C8H14O3. The Labute approximate surface area is 66.7 Å². The number of carbonyl (C=O) groups excluding carboxylic acids is 1. The highest BCUT2D eigenvalue weighted by atomic mass is 16.5. The second kappa shape index (κ2) is 4.34. The predicted molar refractivity (Wildman–Crippen MR) is 40.2 cm³/mol. The third-order valence-corrected chi connectivity index (χ3v) is 1.92. The average Bonchev–Trinajstić information content (AvgIpc) is 2.52. The molecule has 3 heteroatoms. The van der Waals surface area contributed by atoms with Gasteiger partial charge >= 0.3 is 5.97 Å². The topological polar surface area (TPSA) is 35.5 Å². The van der Waals surface area contributed by atoms with Crippen LogP contribution in [0.15, 0.2) is 0 Å². The van der Waals surface area contributed by atoms with Crippen LogP contribution < -0.4 is 0 Å². The number of ether oxygens (including phenoxy) is 2. The maximum Gasteiger partial charge on any atom is 0.305 e. The van der Waals surface area contributed by atoms with Crippen molar-refractivity contribution in [1.29, 1.82) is 0 Å². The lowest BCUT2D eigenvalue weighted by Crippen LogP contribution is -2.09. The van der Waals surface area contributed by atoms with E-state index in [2.05, 4.69) is 4.74 Å². The van der Waals surface area contributed by atoms with Gasteiger partial charge < -0.3 is 9.47 Å². The SMILES string of the molecule is COC(=O)CCC1CCCO1. The van der Waals surface area contributed by atoms with Crippen molar-refractivity contribution in [1.82, 2.24) is 0 Å². The highest BCUT2D eigenvalue weighted by Gasteiger charge is 2.16. The van der Waals surface area contributed by atoms with Crippen molar-refractivity contribution in [2.75, 3.05) is 13.7 Å². The number of methoxy groups -OCH3 is 1. The molecule has 0 spiro atoms. The van der Waals surface area contributed by atoms with Crippen molar-refractivity contribution in [2.45, 2.75) is 31.8 Å². The lowest BCUT2D eigenvalue weighted by Gasteiger charge is -2.06. The molecule has 1 atom stereocenters. The van der Waals surface area contributed by atoms with Gasteiger partial charge in [0.25, 0.3) is 0 Å². The first-order chi connectivity index (χ1) is 5.33. The van der Waals surface area contributed by atoms with Gasteiger partial charge in [0, 0.05) is 13.0 Å². The van der Waals surface area contributed by atoms with Crippen LogP contribution in [0.25, 0.3) is 0 Å². The zero-order valence-electron chi connectivity index (χ0n) is 6.84. The zero-order valence-corrected chi connectivity index (χ0v) is 6.84. The van der Waals surface area contributed by atoms with Gasteiger partial charge in [-0.05, 0) is 19.3 Å². The Morgan fingerprint density at radius 3 is 3.09 bits per heavy atom. The summed E-state index contributed by atoms with van der Waals surface area (Å²) in [6, 6.07) is 0. The first kappa shape index (κ1) is 8.53. The number of hydrogen-bond donors (Lipinski definition) is 0. The van der Waals surface area contributed by atoms with Gasteiger partial charge in [-0.3, -0.25) is 4.79 Å². The van der Waals surface area contributed by atoms with E-state index in [-0.39, 0.29) is 5.97 Å². The lowest BCUT2D eigenvalue weighted by molar-refractivity contribution is -0.141. The molecule has 64 valence electrons. The van der Waals surface area contributed by atoms with E-state index < -0.39 is 0 Å². The molecule has 0 aromatic carbocycles. The Bertz CT molecular complexity index is 127. The van der Waals surface area contributed by atoms with E-state index in [9.17, 15) is 4.79 Å². The summed E-state index contributed by atoms with van der Waals surface area (Å²) < 4.78 is 9.86. The fourth-order valence-corrected chi connectivity index (χ4v) is 1.25. The molecule has 0 radical (unpaired) electrons. The van der Waals surface area contributed by atoms with Crippen LogP contribution in [-0.4, -0.2) is 25.8 Å². The predicted octanol–water partition coefficient (Wildman–Crippen LogP) is 1.12. The van der Waals surface area contributed by atoms with E-state index in [1.807, 2.05) is 0 Å². The number of hydrogen-bond acceptors (Lipinski definition) is 3. The van der Waals surface area contributed by atoms with Gasteiger partial charge in [-0.25, -0.2) is 0 Å². The molecule has 1 saturated heterocycles. The summed E-state index contributed by atoms with van der Waals surface area (Å²) in [5.74, 6) is -0.138. The van der Waals surface area contributed by atoms with Crippen LogP contribution in [0.2, 0.25) is 0 Å². The smallest absolute Gasteiger partial charge is 0.305 e. The minimum Gasteiger partial charge on any atom is -0.469 e. The highest BCUT2D eigenvalue weighted by molar-refractivity contribution is 5.69. The minimum atomic E-state index is -0.138. The third kappa shape index (κ3) is 2.89. The molecule has 0 amide bonds. The monoisotopic (exact) mass is 158 g/mol. The minimum absolute atomic E-state index is 0.138. The summed E-state index contributed by atoms with van der Waals surface area (Å²) in [6.07, 6.45) is 3.82. The van der Waals surface area contributed by atoms with Gasteiger partial charge in [-0.2, -0.15) is 0 Å². The maximum atomic E-state index is 10.7. The van der Waals surface area contributed by atoms with Crippen molar-refractivity contribution in [3.63, 3.8) is 0 Å². The van der Waals surface area contributed by atoms with E-state index in [0.717, 1.165) is 25.9 Å². The third-order valence-electron chi connectivity index (χ3n) is 1.92. The van der Waals surface area contributed by atoms with Crippen molar-refractivity contribution in [2.24, 2.45) is 0 Å². The molecule has 1 heterocycles. The summed E-state index contributed by atoms with van der Waals surface area (Å²) >= 11 is 0. The molecule has 1 aliphatic rings. The number of carbonyl (C=O) groups is 1. The largest absolute Gasteiger partial charge is 0.469 e. The Kier molecular flexibility index (Phi) is 3.36. The fraction of sp³-hybridized carbons (Fsp3) is 0.875. The first-order valence-electron chi connectivity index (χ1n) is 4.01. The second-order valence-corrected chi connectivity index (χ2v) is 2.75. The van der Waals surface area contributed by atoms with Crippen LogP contribution in [0.3, 0.4) is 0 Å². The normalized spacial score (nSPS) is 23.5. The number of esters is 1. The van der Waals surface area contributed by atoms with E-state index in [4.69, 9.17) is 4.74 Å². The molecule has 0 bridgehead atoms. The molecule has 1 unspecified atom stereocenters. The van der Waals surface area contributed by atoms with Crippen LogP contribution in [0.5, 0.6) is 0 Å². The van der Waals surface area contributed by atoms with Gasteiger partial charge in [0.1, 0.15) is 0 Å². The Morgan fingerprint density at radius 1 is 1.73 bits per heavy atom. The van der Waals surface area contributed by atoms with Crippen molar-refractivity contribution in [3.8, 4) is 0 Å². The summed E-state index contributed by atoms with van der Waals surface area (Å²) in [5, 5.41) is 0. The van der Waals surface area contributed by atoms with Gasteiger partial charge in [-0.15, -0.1) is 0 Å². The van der Waals surface area contributed by atoms with Gasteiger partial charge in [0.05, 0.1) is 13.2 Å². The van der Waals surface area contributed by atoms with Gasteiger partial charge in [-0.1, -0.05) is 0 Å². The van der Waals surface area contributed by atoms with Crippen LogP contribution in [0.1, 0.15) is 25.7 Å². The van der Waals surface area contributed by atoms with Crippen molar-refractivity contribution < 1.29 is 14.3 Å². The van der Waals surface area contributed by atoms with Crippen molar-refractivity contribution in [3.05, 3.63) is 0 Å². The molecule has 0 N–H and O–H groups in total. The molecule has 0 saturated carbocycles. The lowest BCUT2D eigenvalue weighted by atomic mass is 10.1. The summed E-state index contributed by atoms with van der Waals surface area (Å²) in [4.78, 5) is 10.7. The number of rotatable bonds is 3. The highest BCUT2D eigenvalue weighted by Crippen LogP contribution is 2.16. The molecule has 1 aliphatic heterocycles. The molecular weight excluding hydrogens is 144 g/mol. The molecule has 1 fully saturated rings. The van der Waals surface area contributed by atoms with Crippen LogP contribution in [0, 0.1) is 0 Å². The van der Waals surface area contributed by atoms with Crippen LogP contribution in [0.4, 0.5) is 0 Å². The Hall–Kier alpha value is -0.570. The summed E-state index contributed by atoms with van der Waals surface area (Å²) in [7, 11) is 1.41. The summed E-state index contributed by atoms with van der Waals surface area (Å²) in [5.41, 5.74) is 0. The zero-order chi connectivity index (χ0) is 8.10. The van der Waals surface area contributed by atoms with Crippen molar-refractivity contribution >= 4 is 5.97 Å². The quantitative estimate of drug-likeness (QED) is 0.577. The molecule has 0 aliphatic carbocycles. The standard InChI is InChI=1S/C8H14O3/c1-10-8(9)5-4-7-3-2-6-11-7/h7H,2-6H2,1H3. The molecule has 3 nitrogen and oxygen atoms in total. The van der Waals surface area contributed by atoms with Gasteiger partial charge in [0.2, 0.25) is 0 Å². The second-order valence-electron chi connectivity index (χ2n) is 2.75. The molecule has 11 heavy (non-hydrogen) atoms. The van der Waals surface area contributed by atoms with E-state index >= 15 is 0 Å². The van der Waals surface area contributed by atoms with E-state index in [1.165, 1.54) is 7.11 Å². The molecule has 0 aromatic rings. The van der Waals surface area contributed by atoms with E-state index in [0.29, 0.717) is 12.5 Å². The Morgan fingerprint density at radius 2 is 2.55 bits per heavy atom. The average molecular weight is 158 g/mol. The first-order valence-corrected chi connectivity index (χ1v) is 4.01. The fourth-order valence-electron chi connectivity index (χ4n) is 1.25. The van der Waals surface area contributed by atoms with Crippen LogP contribution >= 0.6 is 0 Å². The molecule has 1 rings (SSSR count). The van der Waals surface area contributed by atoms with Gasteiger partial charge in [0.15, 0.2) is 0 Å². The van der Waals surface area contributed by atoms with E-state index in [1.54, 1.807) is 0 Å². The maximum absolute atomic E-state index is 10.7. The molecule has 0 aromatic heterocycles. The Balaban J connectivity index is 2.06.